The molecule has 0 aliphatic heterocycles. The molecule has 5 N–H and O–H groups in total. The third-order valence-corrected chi connectivity index (χ3v) is 3.97. The Bertz CT molecular complexity index is 501. The first kappa shape index (κ1) is 27.0. The van der Waals surface area contributed by atoms with Crippen LogP contribution in [0.4, 0.5) is 0 Å². The third kappa shape index (κ3) is 17.8. The van der Waals surface area contributed by atoms with Crippen LogP contribution in [0.3, 0.4) is 0 Å². The highest BCUT2D eigenvalue weighted by atomic mass is 16.5. The molecule has 0 saturated carbocycles. The van der Waals surface area contributed by atoms with Gasteiger partial charge in [-0.3, -0.25) is 14.4 Å². The maximum Gasteiger partial charge on any atom is 0.239 e. The molecule has 29 heavy (non-hydrogen) atoms. The average Bonchev–Trinajstić information content (AvgIpc) is 2.67. The molecule has 0 aliphatic carbocycles. The fourth-order valence-electron chi connectivity index (χ4n) is 2.29. The second kappa shape index (κ2) is 18.0. The Kier molecular flexibility index (Phi) is 16.8. The highest BCUT2D eigenvalue weighted by Crippen LogP contribution is 2.01. The van der Waals surface area contributed by atoms with Gasteiger partial charge in [-0.15, -0.1) is 0 Å². The van der Waals surface area contributed by atoms with Crippen LogP contribution < -0.4 is 21.7 Å². The van der Waals surface area contributed by atoms with E-state index in [2.05, 4.69) is 16.0 Å². The minimum atomic E-state index is -0.749. The monoisotopic (exact) mass is 416 g/mol. The maximum atomic E-state index is 11.9. The number of rotatable bonds is 19. The zero-order valence-corrected chi connectivity index (χ0v) is 17.6. The Morgan fingerprint density at radius 3 is 2.17 bits per heavy atom. The van der Waals surface area contributed by atoms with Gasteiger partial charge in [-0.05, 0) is 33.2 Å². The molecule has 0 aromatic carbocycles. The number of carbonyl (C=O) groups is 4. The van der Waals surface area contributed by atoms with E-state index < -0.39 is 11.9 Å². The highest BCUT2D eigenvalue weighted by molar-refractivity contribution is 5.86. The SMILES string of the molecule is CNCCOCCOCCC(=O)N[C@@H](CCCCNC(=O)CCC(C)=O)C(N)=O. The zero-order chi connectivity index (χ0) is 21.9. The number of likely N-dealkylation sites (N-methyl/N-ethyl adjacent to an activating group) is 1. The summed E-state index contributed by atoms with van der Waals surface area (Å²) in [4.78, 5) is 45.7. The van der Waals surface area contributed by atoms with Crippen molar-refractivity contribution in [2.45, 2.75) is 51.5 Å². The number of amides is 3. The van der Waals surface area contributed by atoms with Crippen LogP contribution in [-0.4, -0.2) is 76.1 Å². The number of unbranched alkanes of at least 4 members (excludes halogenated alkanes) is 1. The van der Waals surface area contributed by atoms with Crippen LogP contribution in [-0.2, 0) is 28.7 Å². The van der Waals surface area contributed by atoms with Gasteiger partial charge in [-0.1, -0.05) is 0 Å². The van der Waals surface area contributed by atoms with Gasteiger partial charge in [0, 0.05) is 32.4 Å². The Hall–Kier alpha value is -2.04. The summed E-state index contributed by atoms with van der Waals surface area (Å²) in [5.74, 6) is -1.10. The molecule has 10 nitrogen and oxygen atoms in total. The number of nitrogens with one attached hydrogen (secondary N) is 3. The lowest BCUT2D eigenvalue weighted by Crippen LogP contribution is -2.44. The van der Waals surface area contributed by atoms with Gasteiger partial charge in [0.1, 0.15) is 11.8 Å². The molecule has 1 atom stereocenters. The lowest BCUT2D eigenvalue weighted by Gasteiger charge is -2.15. The van der Waals surface area contributed by atoms with Crippen LogP contribution in [0.15, 0.2) is 0 Å². The van der Waals surface area contributed by atoms with Crippen molar-refractivity contribution in [2.75, 3.05) is 46.6 Å². The van der Waals surface area contributed by atoms with Crippen molar-refractivity contribution in [3.05, 3.63) is 0 Å². The Balaban J connectivity index is 3.82. The van der Waals surface area contributed by atoms with Gasteiger partial charge in [0.15, 0.2) is 0 Å². The predicted octanol–water partition coefficient (Wildman–Crippen LogP) is -0.745. The fraction of sp³-hybridized carbons (Fsp3) is 0.789. The van der Waals surface area contributed by atoms with Crippen molar-refractivity contribution in [3.8, 4) is 0 Å². The van der Waals surface area contributed by atoms with E-state index in [4.69, 9.17) is 15.2 Å². The summed E-state index contributed by atoms with van der Waals surface area (Å²) in [7, 11) is 1.84. The molecular weight excluding hydrogens is 380 g/mol. The lowest BCUT2D eigenvalue weighted by molar-refractivity contribution is -0.128. The normalized spacial score (nSPS) is 11.7. The van der Waals surface area contributed by atoms with Gasteiger partial charge >= 0.3 is 0 Å². The number of ketones is 1. The van der Waals surface area contributed by atoms with Crippen LogP contribution in [0.25, 0.3) is 0 Å². The van der Waals surface area contributed by atoms with Gasteiger partial charge in [-0.25, -0.2) is 0 Å². The first-order valence-corrected chi connectivity index (χ1v) is 10.0. The summed E-state index contributed by atoms with van der Waals surface area (Å²) in [6.45, 7) is 4.34. The molecule has 3 amide bonds. The first-order chi connectivity index (χ1) is 13.9. The van der Waals surface area contributed by atoms with Crippen LogP contribution in [0.5, 0.6) is 0 Å². The van der Waals surface area contributed by atoms with E-state index in [9.17, 15) is 19.2 Å². The molecule has 0 rings (SSSR count). The topological polar surface area (TPSA) is 149 Å². The second-order valence-electron chi connectivity index (χ2n) is 6.65. The van der Waals surface area contributed by atoms with Gasteiger partial charge in [0.25, 0.3) is 0 Å². The van der Waals surface area contributed by atoms with Crippen molar-refractivity contribution in [2.24, 2.45) is 5.73 Å². The number of ether oxygens (including phenoxy) is 2. The van der Waals surface area contributed by atoms with Gasteiger partial charge < -0.3 is 36.0 Å². The van der Waals surface area contributed by atoms with E-state index in [-0.39, 0.29) is 43.5 Å². The fourth-order valence-corrected chi connectivity index (χ4v) is 2.29. The maximum absolute atomic E-state index is 11.9. The van der Waals surface area contributed by atoms with Gasteiger partial charge in [-0.2, -0.15) is 0 Å². The van der Waals surface area contributed by atoms with E-state index >= 15 is 0 Å². The molecule has 0 bridgehead atoms. The van der Waals surface area contributed by atoms with Crippen LogP contribution in [0.2, 0.25) is 0 Å². The summed E-state index contributed by atoms with van der Waals surface area (Å²) in [6, 6.07) is -0.749. The van der Waals surface area contributed by atoms with E-state index in [0.717, 1.165) is 6.54 Å². The molecule has 0 aliphatic rings. The van der Waals surface area contributed by atoms with Crippen molar-refractivity contribution in [1.29, 1.82) is 0 Å². The summed E-state index contributed by atoms with van der Waals surface area (Å²) in [6.07, 6.45) is 2.19. The number of Topliss-reactive ketones (excluding diaryl/α,β-unsaturated/α-hetero) is 1. The molecule has 0 saturated heterocycles. The average molecular weight is 417 g/mol. The summed E-state index contributed by atoms with van der Waals surface area (Å²) < 4.78 is 10.6. The minimum absolute atomic E-state index is 0.0246. The van der Waals surface area contributed by atoms with Crippen LogP contribution in [0.1, 0.15) is 45.4 Å². The Labute approximate surface area is 172 Å². The van der Waals surface area contributed by atoms with Gasteiger partial charge in [0.05, 0.1) is 26.4 Å². The van der Waals surface area contributed by atoms with Crippen molar-refractivity contribution < 1.29 is 28.7 Å². The van der Waals surface area contributed by atoms with E-state index in [1.54, 1.807) is 0 Å². The largest absolute Gasteiger partial charge is 0.379 e. The quantitative estimate of drug-likeness (QED) is 0.203. The van der Waals surface area contributed by atoms with Crippen molar-refractivity contribution in [3.63, 3.8) is 0 Å². The summed E-state index contributed by atoms with van der Waals surface area (Å²) in [5.41, 5.74) is 5.34. The molecule has 0 heterocycles. The van der Waals surface area contributed by atoms with Crippen LogP contribution >= 0.6 is 0 Å². The first-order valence-electron chi connectivity index (χ1n) is 10.0. The molecule has 0 radical (unpaired) electrons. The Morgan fingerprint density at radius 2 is 1.55 bits per heavy atom. The molecular formula is C19H36N4O6. The lowest BCUT2D eigenvalue weighted by atomic mass is 10.1. The zero-order valence-electron chi connectivity index (χ0n) is 17.6. The smallest absolute Gasteiger partial charge is 0.239 e. The summed E-state index contributed by atoms with van der Waals surface area (Å²) in [5, 5.41) is 8.28. The molecule has 0 aromatic heterocycles. The molecule has 10 heteroatoms. The van der Waals surface area contributed by atoms with E-state index in [1.807, 2.05) is 7.05 Å². The minimum Gasteiger partial charge on any atom is -0.379 e. The number of hydrogen-bond acceptors (Lipinski definition) is 7. The van der Waals surface area contributed by atoms with Crippen LogP contribution in [0, 0.1) is 0 Å². The number of nitrogens with two attached hydrogens (primary N) is 1. The standard InChI is InChI=1S/C19H36N4O6/c1-15(24)6-7-17(25)22-9-4-3-5-16(19(20)27)23-18(26)8-11-28-13-14-29-12-10-21-2/h16,21H,3-14H2,1-2H3,(H2,20,27)(H,22,25)(H,23,26)/t16-/m0/s1. The summed E-state index contributed by atoms with van der Waals surface area (Å²) >= 11 is 0. The molecule has 0 aromatic rings. The van der Waals surface area contributed by atoms with Gasteiger partial charge in [0.2, 0.25) is 17.7 Å². The number of carbonyl (C=O) groups excluding carboxylic acids is 4. The third-order valence-electron chi connectivity index (χ3n) is 3.97. The molecule has 0 spiro atoms. The van der Waals surface area contributed by atoms with E-state index in [1.165, 1.54) is 6.92 Å². The molecule has 0 fully saturated rings. The Morgan fingerprint density at radius 1 is 0.862 bits per heavy atom. The predicted molar refractivity (Wildman–Crippen MR) is 108 cm³/mol. The highest BCUT2D eigenvalue weighted by Gasteiger charge is 2.17. The second-order valence-corrected chi connectivity index (χ2v) is 6.65. The van der Waals surface area contributed by atoms with E-state index in [0.29, 0.717) is 45.6 Å². The molecule has 168 valence electrons. The molecule has 0 unspecified atom stereocenters. The number of hydrogen-bond donors (Lipinski definition) is 4. The van der Waals surface area contributed by atoms with Crippen molar-refractivity contribution in [1.82, 2.24) is 16.0 Å². The number of primary amides is 1. The van der Waals surface area contributed by atoms with Crippen molar-refractivity contribution >= 4 is 23.5 Å².